The zero-order chi connectivity index (χ0) is 13.8. The summed E-state index contributed by atoms with van der Waals surface area (Å²) in [5.41, 5.74) is 0.246. The topological polar surface area (TPSA) is 89.2 Å². The third-order valence-corrected chi connectivity index (χ3v) is 3.37. The fraction of sp³-hybridized carbons (Fsp3) is 0.583. The highest BCUT2D eigenvalue weighted by atomic mass is 16.6. The number of carbonyl (C=O) groups excluding carboxylic acids is 1. The third kappa shape index (κ3) is 3.31. The number of rotatable bonds is 5. The van der Waals surface area contributed by atoms with Crippen LogP contribution in [-0.2, 0) is 7.05 Å². The molecule has 1 aliphatic rings. The first-order chi connectivity index (χ1) is 9.08. The summed E-state index contributed by atoms with van der Waals surface area (Å²) in [6.07, 6.45) is 4.56. The molecule has 19 heavy (non-hydrogen) atoms. The normalized spacial score (nSPS) is 18.5. The van der Waals surface area contributed by atoms with Crippen molar-refractivity contribution in [2.24, 2.45) is 7.05 Å². The number of hydrogen-bond donors (Lipinski definition) is 2. The average molecular weight is 266 g/mol. The second kappa shape index (κ2) is 5.83. The molecule has 0 aromatic carbocycles. The summed E-state index contributed by atoms with van der Waals surface area (Å²) in [5.74, 6) is -0.270. The van der Waals surface area contributed by atoms with Crippen molar-refractivity contribution in [3.05, 3.63) is 28.1 Å². The average Bonchev–Trinajstić information content (AvgIpc) is 2.98. The van der Waals surface area contributed by atoms with E-state index in [1.165, 1.54) is 23.3 Å². The number of aromatic nitrogens is 1. The molecule has 7 nitrogen and oxygen atoms in total. The summed E-state index contributed by atoms with van der Waals surface area (Å²) < 4.78 is 1.47. The molecule has 1 aliphatic heterocycles. The molecule has 0 unspecified atom stereocenters. The van der Waals surface area contributed by atoms with E-state index >= 15 is 0 Å². The van der Waals surface area contributed by atoms with E-state index in [0.717, 1.165) is 19.4 Å². The number of nitrogens with zero attached hydrogens (tertiary/aromatic N) is 2. The molecule has 1 amide bonds. The number of aryl methyl sites for hydroxylation is 1. The molecule has 104 valence electrons. The van der Waals surface area contributed by atoms with Crippen LogP contribution in [0.25, 0.3) is 0 Å². The van der Waals surface area contributed by atoms with Crippen LogP contribution in [0, 0.1) is 10.1 Å². The Balaban J connectivity index is 1.86. The fourth-order valence-corrected chi connectivity index (χ4v) is 2.33. The maximum Gasteiger partial charge on any atom is 0.287 e. The Hall–Kier alpha value is -1.89. The van der Waals surface area contributed by atoms with Gasteiger partial charge < -0.3 is 15.2 Å². The van der Waals surface area contributed by atoms with Crippen LogP contribution >= 0.6 is 0 Å². The highest BCUT2D eigenvalue weighted by molar-refractivity contribution is 5.93. The van der Waals surface area contributed by atoms with Gasteiger partial charge in [-0.25, -0.2) is 0 Å². The van der Waals surface area contributed by atoms with Crippen molar-refractivity contribution in [1.29, 1.82) is 0 Å². The van der Waals surface area contributed by atoms with Crippen molar-refractivity contribution in [2.75, 3.05) is 13.1 Å². The Morgan fingerprint density at radius 3 is 3.05 bits per heavy atom. The highest BCUT2D eigenvalue weighted by Gasteiger charge is 2.18. The van der Waals surface area contributed by atoms with E-state index in [9.17, 15) is 14.9 Å². The Kier molecular flexibility index (Phi) is 4.16. The van der Waals surface area contributed by atoms with Gasteiger partial charge in [-0.05, 0) is 25.8 Å². The molecule has 0 spiro atoms. The summed E-state index contributed by atoms with van der Waals surface area (Å²) in [6.45, 7) is 1.62. The second-order valence-corrected chi connectivity index (χ2v) is 4.79. The van der Waals surface area contributed by atoms with Gasteiger partial charge in [0.25, 0.3) is 11.6 Å². The maximum atomic E-state index is 11.9. The molecule has 1 aromatic heterocycles. The minimum Gasteiger partial charge on any atom is -0.351 e. The number of carbonyl (C=O) groups is 1. The van der Waals surface area contributed by atoms with Crippen LogP contribution in [0.3, 0.4) is 0 Å². The summed E-state index contributed by atoms with van der Waals surface area (Å²) >= 11 is 0. The van der Waals surface area contributed by atoms with Crippen LogP contribution in [0.1, 0.15) is 29.8 Å². The van der Waals surface area contributed by atoms with Crippen LogP contribution < -0.4 is 10.6 Å². The van der Waals surface area contributed by atoms with E-state index in [1.54, 1.807) is 7.05 Å². The van der Waals surface area contributed by atoms with E-state index < -0.39 is 4.92 Å². The molecule has 1 fully saturated rings. The van der Waals surface area contributed by atoms with Crippen molar-refractivity contribution in [3.8, 4) is 0 Å². The Morgan fingerprint density at radius 1 is 1.68 bits per heavy atom. The molecule has 1 saturated heterocycles. The first kappa shape index (κ1) is 13.5. The van der Waals surface area contributed by atoms with Gasteiger partial charge in [-0.2, -0.15) is 0 Å². The molecule has 0 radical (unpaired) electrons. The number of hydrogen-bond acceptors (Lipinski definition) is 4. The van der Waals surface area contributed by atoms with Crippen LogP contribution in [-0.4, -0.2) is 34.5 Å². The molecule has 2 heterocycles. The Morgan fingerprint density at radius 2 is 2.47 bits per heavy atom. The van der Waals surface area contributed by atoms with Crippen molar-refractivity contribution >= 4 is 11.6 Å². The molecule has 0 aliphatic carbocycles. The van der Waals surface area contributed by atoms with E-state index in [2.05, 4.69) is 10.6 Å². The third-order valence-electron chi connectivity index (χ3n) is 3.37. The number of nitrogens with one attached hydrogen (secondary N) is 2. The quantitative estimate of drug-likeness (QED) is 0.609. The Bertz CT molecular complexity index is 477. The molecule has 0 saturated carbocycles. The molecular weight excluding hydrogens is 248 g/mol. The van der Waals surface area contributed by atoms with Crippen LogP contribution in [0.4, 0.5) is 5.69 Å². The SMILES string of the molecule is Cn1cc([N+](=O)[O-])cc1C(=O)NCC[C@H]1CCCN1. The molecule has 7 heteroatoms. The van der Waals surface area contributed by atoms with Gasteiger partial charge in [0.15, 0.2) is 0 Å². The van der Waals surface area contributed by atoms with Gasteiger partial charge in [-0.3, -0.25) is 14.9 Å². The van der Waals surface area contributed by atoms with E-state index in [1.807, 2.05) is 0 Å². The molecule has 0 bridgehead atoms. The lowest BCUT2D eigenvalue weighted by atomic mass is 10.1. The predicted octanol–water partition coefficient (Wildman–Crippen LogP) is 0.805. The molecule has 1 aromatic rings. The smallest absolute Gasteiger partial charge is 0.287 e. The van der Waals surface area contributed by atoms with Gasteiger partial charge in [0.1, 0.15) is 5.69 Å². The maximum absolute atomic E-state index is 11.9. The minimum absolute atomic E-state index is 0.0647. The highest BCUT2D eigenvalue weighted by Crippen LogP contribution is 2.15. The van der Waals surface area contributed by atoms with E-state index in [-0.39, 0.29) is 11.6 Å². The number of amides is 1. The first-order valence-electron chi connectivity index (χ1n) is 6.40. The summed E-state index contributed by atoms with van der Waals surface area (Å²) in [6, 6.07) is 1.77. The van der Waals surface area contributed by atoms with Gasteiger partial charge in [-0.1, -0.05) is 0 Å². The summed E-state index contributed by atoms with van der Waals surface area (Å²) in [4.78, 5) is 22.0. The van der Waals surface area contributed by atoms with Crippen molar-refractivity contribution < 1.29 is 9.72 Å². The second-order valence-electron chi connectivity index (χ2n) is 4.79. The molecule has 2 N–H and O–H groups in total. The van der Waals surface area contributed by atoms with E-state index in [4.69, 9.17) is 0 Å². The lowest BCUT2D eigenvalue weighted by Crippen LogP contribution is -2.31. The lowest BCUT2D eigenvalue weighted by Gasteiger charge is -2.10. The van der Waals surface area contributed by atoms with Crippen molar-refractivity contribution in [2.45, 2.75) is 25.3 Å². The molecule has 2 rings (SSSR count). The van der Waals surface area contributed by atoms with Crippen molar-refractivity contribution in [1.82, 2.24) is 15.2 Å². The fourth-order valence-electron chi connectivity index (χ4n) is 2.33. The Labute approximate surface area is 111 Å². The van der Waals surface area contributed by atoms with Crippen LogP contribution in [0.15, 0.2) is 12.3 Å². The monoisotopic (exact) mass is 266 g/mol. The van der Waals surface area contributed by atoms with Crippen LogP contribution in [0.5, 0.6) is 0 Å². The molecular formula is C12H18N4O3. The van der Waals surface area contributed by atoms with Gasteiger partial charge in [0.05, 0.1) is 11.1 Å². The minimum atomic E-state index is -0.501. The molecule has 1 atom stereocenters. The van der Waals surface area contributed by atoms with Crippen molar-refractivity contribution in [3.63, 3.8) is 0 Å². The van der Waals surface area contributed by atoms with Gasteiger partial charge in [0, 0.05) is 25.7 Å². The van der Waals surface area contributed by atoms with Gasteiger partial charge in [-0.15, -0.1) is 0 Å². The zero-order valence-corrected chi connectivity index (χ0v) is 10.9. The van der Waals surface area contributed by atoms with Gasteiger partial charge in [0.2, 0.25) is 0 Å². The number of nitro groups is 1. The predicted molar refractivity (Wildman–Crippen MR) is 70.0 cm³/mol. The largest absolute Gasteiger partial charge is 0.351 e. The summed E-state index contributed by atoms with van der Waals surface area (Å²) in [5, 5.41) is 16.8. The first-order valence-corrected chi connectivity index (χ1v) is 6.40. The van der Waals surface area contributed by atoms with Crippen LogP contribution in [0.2, 0.25) is 0 Å². The lowest BCUT2D eigenvalue weighted by molar-refractivity contribution is -0.384. The zero-order valence-electron chi connectivity index (χ0n) is 10.9. The standard InChI is InChI=1S/C12H18N4O3/c1-15-8-10(16(18)19)7-11(15)12(17)14-6-4-9-3-2-5-13-9/h7-9,13H,2-6H2,1H3,(H,14,17)/t9-/m1/s1. The summed E-state index contributed by atoms with van der Waals surface area (Å²) in [7, 11) is 1.63. The van der Waals surface area contributed by atoms with E-state index in [0.29, 0.717) is 18.3 Å². The van der Waals surface area contributed by atoms with Gasteiger partial charge >= 0.3 is 0 Å².